The molecule has 1 saturated heterocycles. The van der Waals surface area contributed by atoms with Gasteiger partial charge in [0.25, 0.3) is 0 Å². The van der Waals surface area contributed by atoms with E-state index < -0.39 is 21.3 Å². The lowest BCUT2D eigenvalue weighted by atomic mass is 10.0. The van der Waals surface area contributed by atoms with Crippen molar-refractivity contribution in [2.24, 2.45) is 0 Å². The van der Waals surface area contributed by atoms with Crippen molar-refractivity contribution in [1.29, 1.82) is 0 Å². The number of hydrogen-bond donors (Lipinski definition) is 2. The summed E-state index contributed by atoms with van der Waals surface area (Å²) in [6.07, 6.45) is 1.85. The van der Waals surface area contributed by atoms with Crippen molar-refractivity contribution >= 4 is 15.8 Å². The van der Waals surface area contributed by atoms with Crippen LogP contribution in [0.1, 0.15) is 29.5 Å². The number of rotatable bonds is 4. The molecule has 0 spiro atoms. The zero-order chi connectivity index (χ0) is 13.4. The van der Waals surface area contributed by atoms with Crippen LogP contribution in [0.5, 0.6) is 0 Å². The van der Waals surface area contributed by atoms with E-state index in [1.807, 2.05) is 6.92 Å². The molecule has 2 N–H and O–H groups in total. The number of nitrogens with one attached hydrogen (secondary N) is 1. The van der Waals surface area contributed by atoms with E-state index in [2.05, 4.69) is 5.32 Å². The number of carboxylic acids is 1. The average molecular weight is 273 g/mol. The van der Waals surface area contributed by atoms with Gasteiger partial charge in [0.1, 0.15) is 0 Å². The van der Waals surface area contributed by atoms with Crippen LogP contribution in [0, 0.1) is 0 Å². The second-order valence-electron chi connectivity index (χ2n) is 4.84. The molecule has 1 fully saturated rings. The molecule has 1 aliphatic heterocycles. The van der Waals surface area contributed by atoms with Crippen molar-refractivity contribution in [3.63, 3.8) is 0 Å². The van der Waals surface area contributed by atoms with Gasteiger partial charge in [-0.1, -0.05) is 0 Å². The van der Waals surface area contributed by atoms with Crippen LogP contribution in [0.4, 0.5) is 0 Å². The topological polar surface area (TPSA) is 96.6 Å². The summed E-state index contributed by atoms with van der Waals surface area (Å²) >= 11 is 0. The predicted octanol–water partition coefficient (Wildman–Crippen LogP) is 0.645. The zero-order valence-electron chi connectivity index (χ0n) is 9.97. The van der Waals surface area contributed by atoms with E-state index in [-0.39, 0.29) is 23.8 Å². The first-order valence-electron chi connectivity index (χ1n) is 5.56. The van der Waals surface area contributed by atoms with Gasteiger partial charge in [-0.25, -0.2) is 13.2 Å². The van der Waals surface area contributed by atoms with Crippen LogP contribution < -0.4 is 5.32 Å². The van der Waals surface area contributed by atoms with E-state index in [0.29, 0.717) is 12.0 Å². The molecule has 1 atom stereocenters. The Morgan fingerprint density at radius 3 is 2.89 bits per heavy atom. The van der Waals surface area contributed by atoms with Crippen LogP contribution >= 0.6 is 0 Å². The molecule has 1 aromatic rings. The molecular weight excluding hydrogens is 258 g/mol. The molecule has 1 unspecified atom stereocenters. The minimum atomic E-state index is -2.97. The molecule has 6 nitrogen and oxygen atoms in total. The maximum atomic E-state index is 11.4. The van der Waals surface area contributed by atoms with Gasteiger partial charge in [-0.3, -0.25) is 0 Å². The highest BCUT2D eigenvalue weighted by molar-refractivity contribution is 7.91. The summed E-state index contributed by atoms with van der Waals surface area (Å²) in [6.45, 7) is 2.11. The molecule has 0 saturated carbocycles. The Bertz CT molecular complexity index is 562. The minimum Gasteiger partial charge on any atom is -0.475 e. The summed E-state index contributed by atoms with van der Waals surface area (Å²) in [5, 5.41) is 12.0. The van der Waals surface area contributed by atoms with Gasteiger partial charge in [0.2, 0.25) is 5.76 Å². The third-order valence-corrected chi connectivity index (χ3v) is 5.05. The molecular formula is C11H15NO5S. The van der Waals surface area contributed by atoms with Crippen LogP contribution in [0.2, 0.25) is 0 Å². The summed E-state index contributed by atoms with van der Waals surface area (Å²) in [5.74, 6) is -0.971. The van der Waals surface area contributed by atoms with Gasteiger partial charge in [-0.2, -0.15) is 0 Å². The second-order valence-corrected chi connectivity index (χ2v) is 7.02. The van der Waals surface area contributed by atoms with E-state index >= 15 is 0 Å². The highest BCUT2D eigenvalue weighted by Crippen LogP contribution is 2.23. The van der Waals surface area contributed by atoms with Gasteiger partial charge < -0.3 is 14.8 Å². The summed E-state index contributed by atoms with van der Waals surface area (Å²) < 4.78 is 27.7. The van der Waals surface area contributed by atoms with Crippen LogP contribution in [-0.4, -0.2) is 36.5 Å². The third kappa shape index (κ3) is 2.73. The first-order valence-corrected chi connectivity index (χ1v) is 7.39. The van der Waals surface area contributed by atoms with E-state index in [4.69, 9.17) is 9.52 Å². The van der Waals surface area contributed by atoms with Crippen LogP contribution in [-0.2, 0) is 16.4 Å². The molecule has 0 bridgehead atoms. The SMILES string of the molecule is CC1(NCc2ccoc2C(=O)O)CCS(=O)(=O)C1. The van der Waals surface area contributed by atoms with Crippen molar-refractivity contribution in [2.75, 3.05) is 11.5 Å². The molecule has 0 radical (unpaired) electrons. The third-order valence-electron chi connectivity index (χ3n) is 3.15. The highest BCUT2D eigenvalue weighted by atomic mass is 32.2. The van der Waals surface area contributed by atoms with E-state index in [1.54, 1.807) is 6.07 Å². The molecule has 2 heterocycles. The minimum absolute atomic E-state index is 0.0836. The standard InChI is InChI=1S/C11H15NO5S/c1-11(3-5-18(15,16)7-11)12-6-8-2-4-17-9(8)10(13)14/h2,4,12H,3,5-7H2,1H3,(H,13,14). The monoisotopic (exact) mass is 273 g/mol. The Morgan fingerprint density at radius 2 is 2.33 bits per heavy atom. The van der Waals surface area contributed by atoms with Crippen molar-refractivity contribution < 1.29 is 22.7 Å². The molecule has 0 aromatic carbocycles. The van der Waals surface area contributed by atoms with E-state index in [0.717, 1.165) is 0 Å². The van der Waals surface area contributed by atoms with Crippen molar-refractivity contribution in [2.45, 2.75) is 25.4 Å². The Hall–Kier alpha value is -1.34. The maximum Gasteiger partial charge on any atom is 0.372 e. The van der Waals surface area contributed by atoms with E-state index in [9.17, 15) is 13.2 Å². The first-order chi connectivity index (χ1) is 8.31. The zero-order valence-corrected chi connectivity index (χ0v) is 10.8. The number of hydrogen-bond acceptors (Lipinski definition) is 5. The van der Waals surface area contributed by atoms with Crippen molar-refractivity contribution in [1.82, 2.24) is 5.32 Å². The lowest BCUT2D eigenvalue weighted by molar-refractivity contribution is 0.0660. The number of furan rings is 1. The molecule has 100 valence electrons. The summed E-state index contributed by atoms with van der Waals surface area (Å²) in [5.41, 5.74) is 0.0271. The normalized spacial score (nSPS) is 26.3. The smallest absolute Gasteiger partial charge is 0.372 e. The fourth-order valence-electron chi connectivity index (χ4n) is 2.12. The molecule has 7 heteroatoms. The Balaban J connectivity index is 2.04. The quantitative estimate of drug-likeness (QED) is 0.836. The molecule has 18 heavy (non-hydrogen) atoms. The average Bonchev–Trinajstić information content (AvgIpc) is 2.81. The highest BCUT2D eigenvalue weighted by Gasteiger charge is 2.38. The number of aromatic carboxylic acids is 1. The maximum absolute atomic E-state index is 11.4. The number of sulfone groups is 1. The predicted molar refractivity (Wildman–Crippen MR) is 64.2 cm³/mol. The van der Waals surface area contributed by atoms with Crippen molar-refractivity contribution in [3.8, 4) is 0 Å². The molecule has 1 aromatic heterocycles. The fraction of sp³-hybridized carbons (Fsp3) is 0.545. The van der Waals surface area contributed by atoms with Gasteiger partial charge in [-0.05, 0) is 19.4 Å². The lowest BCUT2D eigenvalue weighted by Crippen LogP contribution is -2.42. The number of carboxylic acid groups (broad SMARTS) is 1. The fourth-order valence-corrected chi connectivity index (χ4v) is 4.24. The first kappa shape index (κ1) is 13.1. The molecule has 0 aliphatic carbocycles. The summed E-state index contributed by atoms with van der Waals surface area (Å²) in [6, 6.07) is 1.57. The Labute approximate surface area is 105 Å². The van der Waals surface area contributed by atoms with Crippen LogP contribution in [0.25, 0.3) is 0 Å². The lowest BCUT2D eigenvalue weighted by Gasteiger charge is -2.23. The van der Waals surface area contributed by atoms with Gasteiger partial charge >= 0.3 is 5.97 Å². The van der Waals surface area contributed by atoms with E-state index in [1.165, 1.54) is 6.26 Å². The largest absolute Gasteiger partial charge is 0.475 e. The Kier molecular flexibility index (Phi) is 3.20. The van der Waals surface area contributed by atoms with Crippen molar-refractivity contribution in [3.05, 3.63) is 23.7 Å². The van der Waals surface area contributed by atoms with Gasteiger partial charge in [0.05, 0.1) is 17.8 Å². The van der Waals surface area contributed by atoms with Gasteiger partial charge in [0.15, 0.2) is 9.84 Å². The molecule has 0 amide bonds. The van der Waals surface area contributed by atoms with Gasteiger partial charge in [0, 0.05) is 17.6 Å². The van der Waals surface area contributed by atoms with Crippen LogP contribution in [0.3, 0.4) is 0 Å². The summed E-state index contributed by atoms with van der Waals surface area (Å²) in [4.78, 5) is 10.8. The number of carbonyl (C=O) groups is 1. The van der Waals surface area contributed by atoms with Gasteiger partial charge in [-0.15, -0.1) is 0 Å². The second kappa shape index (κ2) is 4.40. The summed E-state index contributed by atoms with van der Waals surface area (Å²) in [7, 11) is -2.97. The molecule has 1 aliphatic rings. The molecule has 2 rings (SSSR count). The van der Waals surface area contributed by atoms with Crippen LogP contribution in [0.15, 0.2) is 16.7 Å². The Morgan fingerprint density at radius 1 is 1.61 bits per heavy atom.